The van der Waals surface area contributed by atoms with E-state index in [0.29, 0.717) is 12.8 Å². The van der Waals surface area contributed by atoms with Gasteiger partial charge in [-0.05, 0) is 77.0 Å². The second-order valence-corrected chi connectivity index (χ2v) is 13.3. The summed E-state index contributed by atoms with van der Waals surface area (Å²) >= 11 is 0. The maximum Gasteiger partial charge on any atom is 0.306 e. The van der Waals surface area contributed by atoms with Gasteiger partial charge in [-0.15, -0.1) is 0 Å². The van der Waals surface area contributed by atoms with Crippen LogP contribution in [0, 0.1) is 0 Å². The lowest BCUT2D eigenvalue weighted by Gasteiger charge is -2.15. The van der Waals surface area contributed by atoms with Crippen molar-refractivity contribution in [2.45, 2.75) is 187 Å². The molecule has 0 bridgehead atoms. The van der Waals surface area contributed by atoms with Crippen LogP contribution in [0.15, 0.2) is 72.9 Å². The van der Waals surface area contributed by atoms with Crippen LogP contribution in [-0.2, 0) is 19.1 Å². The molecule has 0 saturated carbocycles. The highest BCUT2D eigenvalue weighted by molar-refractivity contribution is 5.70. The van der Waals surface area contributed by atoms with Gasteiger partial charge in [0, 0.05) is 12.8 Å². The van der Waals surface area contributed by atoms with Crippen molar-refractivity contribution in [3.05, 3.63) is 72.9 Å². The molecule has 1 atom stereocenters. The number of aliphatic hydroxyl groups excluding tert-OH is 1. The van der Waals surface area contributed by atoms with Crippen LogP contribution in [0.3, 0.4) is 0 Å². The quantitative estimate of drug-likeness (QED) is 0.0401. The topological polar surface area (TPSA) is 72.8 Å². The van der Waals surface area contributed by atoms with Gasteiger partial charge in [-0.25, -0.2) is 0 Å². The number of esters is 2. The predicted molar refractivity (Wildman–Crippen MR) is 214 cm³/mol. The predicted octanol–water partition coefficient (Wildman–Crippen LogP) is 13.0. The first kappa shape index (κ1) is 47.3. The zero-order valence-electron chi connectivity index (χ0n) is 32.4. The van der Waals surface area contributed by atoms with Gasteiger partial charge in [0.05, 0.1) is 6.61 Å². The second kappa shape index (κ2) is 40.8. The van der Waals surface area contributed by atoms with E-state index in [9.17, 15) is 14.7 Å². The molecule has 0 aromatic carbocycles. The summed E-state index contributed by atoms with van der Waals surface area (Å²) in [6, 6.07) is 0. The number of aliphatic hydroxyl groups is 1. The van der Waals surface area contributed by atoms with E-state index in [-0.39, 0.29) is 25.2 Å². The van der Waals surface area contributed by atoms with E-state index >= 15 is 0 Å². The van der Waals surface area contributed by atoms with Crippen LogP contribution < -0.4 is 0 Å². The third-order valence-corrected chi connectivity index (χ3v) is 8.47. The van der Waals surface area contributed by atoms with Gasteiger partial charge >= 0.3 is 11.9 Å². The summed E-state index contributed by atoms with van der Waals surface area (Å²) in [7, 11) is 0. The van der Waals surface area contributed by atoms with E-state index in [2.05, 4.69) is 86.8 Å². The Hall–Kier alpha value is -2.66. The van der Waals surface area contributed by atoms with Gasteiger partial charge in [0.25, 0.3) is 0 Å². The molecular weight excluding hydrogens is 620 g/mol. The molecule has 0 aliphatic carbocycles. The SMILES string of the molecule is CC/C=C\C/C=C\C/C=C\C/C=C\CCCCCCCCCCCCC(=O)OC(CO)COC(=O)CCCCCCC/C=C\C/C=C\CCC. The monoisotopic (exact) mass is 697 g/mol. The van der Waals surface area contributed by atoms with Crippen LogP contribution in [0.4, 0.5) is 0 Å². The normalized spacial score (nSPS) is 12.9. The molecule has 0 rings (SSSR count). The van der Waals surface area contributed by atoms with E-state index in [0.717, 1.165) is 83.5 Å². The minimum absolute atomic E-state index is 0.0779. The van der Waals surface area contributed by atoms with Gasteiger partial charge in [0.1, 0.15) is 6.61 Å². The van der Waals surface area contributed by atoms with Crippen LogP contribution in [0.1, 0.15) is 181 Å². The van der Waals surface area contributed by atoms with E-state index in [1.807, 2.05) is 0 Å². The molecular formula is C45H76O5. The molecule has 5 heteroatoms. The van der Waals surface area contributed by atoms with Gasteiger partial charge in [0.2, 0.25) is 0 Å². The Morgan fingerprint density at radius 3 is 1.30 bits per heavy atom. The van der Waals surface area contributed by atoms with Crippen molar-refractivity contribution in [1.29, 1.82) is 0 Å². The smallest absolute Gasteiger partial charge is 0.306 e. The number of rotatable bonds is 36. The number of hydrogen-bond donors (Lipinski definition) is 1. The summed E-state index contributed by atoms with van der Waals surface area (Å²) in [4.78, 5) is 24.3. The van der Waals surface area contributed by atoms with Crippen molar-refractivity contribution in [2.24, 2.45) is 0 Å². The summed E-state index contributed by atoms with van der Waals surface area (Å²) in [6.07, 6.45) is 53.9. The van der Waals surface area contributed by atoms with Gasteiger partial charge in [-0.1, -0.05) is 164 Å². The van der Waals surface area contributed by atoms with E-state index in [1.54, 1.807) is 0 Å². The Morgan fingerprint density at radius 2 is 0.860 bits per heavy atom. The molecule has 0 heterocycles. The third kappa shape index (κ3) is 38.1. The highest BCUT2D eigenvalue weighted by Crippen LogP contribution is 2.13. The van der Waals surface area contributed by atoms with Crippen molar-refractivity contribution in [2.75, 3.05) is 13.2 Å². The number of carbonyl (C=O) groups is 2. The van der Waals surface area contributed by atoms with Gasteiger partial charge in [-0.3, -0.25) is 9.59 Å². The number of allylic oxidation sites excluding steroid dienone is 12. The van der Waals surface area contributed by atoms with Crippen LogP contribution >= 0.6 is 0 Å². The molecule has 5 nitrogen and oxygen atoms in total. The highest BCUT2D eigenvalue weighted by Gasteiger charge is 2.16. The Balaban J connectivity index is 3.57. The number of hydrogen-bond acceptors (Lipinski definition) is 5. The van der Waals surface area contributed by atoms with Gasteiger partial charge < -0.3 is 14.6 Å². The Kier molecular flexibility index (Phi) is 38.6. The molecule has 0 aromatic heterocycles. The molecule has 0 spiro atoms. The minimum Gasteiger partial charge on any atom is -0.462 e. The molecule has 0 saturated heterocycles. The molecule has 0 aliphatic heterocycles. The number of unbranched alkanes of at least 4 members (excludes halogenated alkanes) is 16. The largest absolute Gasteiger partial charge is 0.462 e. The average molecular weight is 697 g/mol. The van der Waals surface area contributed by atoms with E-state index < -0.39 is 6.10 Å². The fourth-order valence-corrected chi connectivity index (χ4v) is 5.41. The fourth-order valence-electron chi connectivity index (χ4n) is 5.41. The summed E-state index contributed by atoms with van der Waals surface area (Å²) in [5.41, 5.74) is 0. The maximum absolute atomic E-state index is 12.2. The summed E-state index contributed by atoms with van der Waals surface area (Å²) in [5, 5.41) is 9.56. The maximum atomic E-state index is 12.2. The first-order valence-corrected chi connectivity index (χ1v) is 20.5. The molecule has 286 valence electrons. The lowest BCUT2D eigenvalue weighted by atomic mass is 10.0. The lowest BCUT2D eigenvalue weighted by Crippen LogP contribution is -2.28. The Bertz CT molecular complexity index is 926. The van der Waals surface area contributed by atoms with Crippen LogP contribution in [0.5, 0.6) is 0 Å². The van der Waals surface area contributed by atoms with Crippen molar-refractivity contribution in [1.82, 2.24) is 0 Å². The zero-order chi connectivity index (χ0) is 36.4. The third-order valence-electron chi connectivity index (χ3n) is 8.47. The zero-order valence-corrected chi connectivity index (χ0v) is 32.4. The minimum atomic E-state index is -0.782. The lowest BCUT2D eigenvalue weighted by molar-refractivity contribution is -0.161. The van der Waals surface area contributed by atoms with Crippen molar-refractivity contribution >= 4 is 11.9 Å². The first-order valence-electron chi connectivity index (χ1n) is 20.5. The molecule has 0 amide bonds. The second-order valence-electron chi connectivity index (χ2n) is 13.3. The summed E-state index contributed by atoms with van der Waals surface area (Å²) in [6.45, 7) is 3.93. The summed E-state index contributed by atoms with van der Waals surface area (Å²) < 4.78 is 10.6. The van der Waals surface area contributed by atoms with Crippen molar-refractivity contribution in [3.8, 4) is 0 Å². The average Bonchev–Trinajstić information content (AvgIpc) is 3.12. The highest BCUT2D eigenvalue weighted by atomic mass is 16.6. The Labute approximate surface area is 308 Å². The van der Waals surface area contributed by atoms with Crippen LogP contribution in [-0.4, -0.2) is 36.4 Å². The molecule has 0 fully saturated rings. The Morgan fingerprint density at radius 1 is 0.480 bits per heavy atom. The first-order chi connectivity index (χ1) is 24.6. The van der Waals surface area contributed by atoms with Crippen LogP contribution in [0.2, 0.25) is 0 Å². The molecule has 1 N–H and O–H groups in total. The molecule has 1 unspecified atom stereocenters. The van der Waals surface area contributed by atoms with Gasteiger partial charge in [-0.2, -0.15) is 0 Å². The van der Waals surface area contributed by atoms with E-state index in [1.165, 1.54) is 70.6 Å². The van der Waals surface area contributed by atoms with E-state index in [4.69, 9.17) is 9.47 Å². The molecule has 0 aliphatic rings. The number of ether oxygens (including phenoxy) is 2. The van der Waals surface area contributed by atoms with Crippen molar-refractivity contribution in [3.63, 3.8) is 0 Å². The molecule has 0 aromatic rings. The molecule has 50 heavy (non-hydrogen) atoms. The van der Waals surface area contributed by atoms with Gasteiger partial charge in [0.15, 0.2) is 6.10 Å². The van der Waals surface area contributed by atoms with Crippen molar-refractivity contribution < 1.29 is 24.2 Å². The van der Waals surface area contributed by atoms with Crippen LogP contribution in [0.25, 0.3) is 0 Å². The fraction of sp³-hybridized carbons (Fsp3) is 0.689. The number of carbonyl (C=O) groups excluding carboxylic acids is 2. The molecule has 0 radical (unpaired) electrons. The summed E-state index contributed by atoms with van der Waals surface area (Å²) in [5.74, 6) is -0.617. The standard InChI is InChI=1S/C45H76O5/c1-3-5-7-9-11-13-15-17-18-19-20-21-22-23-24-25-26-28-30-32-34-36-38-40-45(48)50-43(41-46)42-49-44(47)39-37-35-33-31-29-27-16-14-12-10-8-6-4-2/h5,7-8,10-11,13-14,16-18,20-21,43,46H,3-4,6,9,12,15,19,22-42H2,1-2H3/b7-5-,10-8-,13-11-,16-14-,18-17-,21-20-.